The Hall–Kier alpha value is -3.40. The van der Waals surface area contributed by atoms with E-state index in [1.54, 1.807) is 13.0 Å². The number of aliphatic hydroxyl groups excluding tert-OH is 1. The van der Waals surface area contributed by atoms with E-state index in [4.69, 9.17) is 16.0 Å². The molecule has 10 heteroatoms. The quantitative estimate of drug-likeness (QED) is 0.164. The number of carbonyl (C=O) groups excluding carboxylic acids is 2. The van der Waals surface area contributed by atoms with Gasteiger partial charge in [-0.15, -0.1) is 10.2 Å². The molecular weight excluding hydrogens is 518 g/mol. The van der Waals surface area contributed by atoms with Gasteiger partial charge in [-0.05, 0) is 43.2 Å². The molecule has 1 unspecified atom stereocenters. The summed E-state index contributed by atoms with van der Waals surface area (Å²) in [7, 11) is 0. The van der Waals surface area contributed by atoms with Crippen molar-refractivity contribution in [2.24, 2.45) is 0 Å². The minimum Gasteiger partial charge on any atom is -0.503 e. The van der Waals surface area contributed by atoms with E-state index in [0.29, 0.717) is 26.4 Å². The van der Waals surface area contributed by atoms with E-state index < -0.39 is 23.5 Å². The van der Waals surface area contributed by atoms with Crippen LogP contribution in [0.2, 0.25) is 5.02 Å². The lowest BCUT2D eigenvalue weighted by Gasteiger charge is -2.24. The van der Waals surface area contributed by atoms with Crippen LogP contribution in [0.1, 0.15) is 39.0 Å². The van der Waals surface area contributed by atoms with Gasteiger partial charge in [0, 0.05) is 10.8 Å². The molecular formula is C26H20ClN3O4S2. The highest BCUT2D eigenvalue weighted by molar-refractivity contribution is 8.00. The SMILES string of the molecule is Cc1ccc(C2C(C(=O)c3ccc(C)o3)=C(O)C(=O)N2c2nnc(SCc3ccccc3Cl)s2)cc1. The number of thioether (sulfide) groups is 1. The van der Waals surface area contributed by atoms with E-state index in [1.807, 2.05) is 55.5 Å². The first kappa shape index (κ1) is 24.3. The first-order chi connectivity index (χ1) is 17.3. The van der Waals surface area contributed by atoms with E-state index in [1.165, 1.54) is 34.1 Å². The highest BCUT2D eigenvalue weighted by Gasteiger charge is 2.46. The van der Waals surface area contributed by atoms with Crippen LogP contribution in [0.3, 0.4) is 0 Å². The van der Waals surface area contributed by atoms with Crippen molar-refractivity contribution in [3.05, 3.63) is 105 Å². The first-order valence-electron chi connectivity index (χ1n) is 11.0. The smallest absolute Gasteiger partial charge is 0.296 e. The number of ketones is 1. The van der Waals surface area contributed by atoms with Gasteiger partial charge in [0.2, 0.25) is 10.9 Å². The van der Waals surface area contributed by atoms with Crippen LogP contribution < -0.4 is 4.90 Å². The molecule has 3 heterocycles. The van der Waals surface area contributed by atoms with Gasteiger partial charge >= 0.3 is 0 Å². The van der Waals surface area contributed by atoms with Gasteiger partial charge < -0.3 is 9.52 Å². The Morgan fingerprint density at radius 2 is 1.86 bits per heavy atom. The Balaban J connectivity index is 1.50. The number of amides is 1. The molecule has 1 aliphatic rings. The number of anilines is 1. The molecule has 182 valence electrons. The van der Waals surface area contributed by atoms with Crippen LogP contribution in [0.5, 0.6) is 0 Å². The van der Waals surface area contributed by atoms with E-state index >= 15 is 0 Å². The zero-order chi connectivity index (χ0) is 25.4. The number of aryl methyl sites for hydroxylation is 2. The molecule has 1 aliphatic heterocycles. The minimum absolute atomic E-state index is 0.0501. The summed E-state index contributed by atoms with van der Waals surface area (Å²) < 4.78 is 6.14. The molecule has 2 aromatic heterocycles. The van der Waals surface area contributed by atoms with Crippen LogP contribution >= 0.6 is 34.7 Å². The van der Waals surface area contributed by atoms with Crippen LogP contribution in [0, 0.1) is 13.8 Å². The molecule has 5 rings (SSSR count). The predicted molar refractivity (Wildman–Crippen MR) is 140 cm³/mol. The predicted octanol–water partition coefficient (Wildman–Crippen LogP) is 6.48. The van der Waals surface area contributed by atoms with Gasteiger partial charge in [-0.1, -0.05) is 82.7 Å². The maximum atomic E-state index is 13.4. The largest absolute Gasteiger partial charge is 0.503 e. The van der Waals surface area contributed by atoms with Gasteiger partial charge in [-0.3, -0.25) is 14.5 Å². The minimum atomic E-state index is -0.884. The number of halogens is 1. The second-order valence-electron chi connectivity index (χ2n) is 8.22. The fourth-order valence-corrected chi connectivity index (χ4v) is 6.05. The number of hydrogen-bond acceptors (Lipinski definition) is 8. The van der Waals surface area contributed by atoms with Crippen LogP contribution in [0.25, 0.3) is 0 Å². The van der Waals surface area contributed by atoms with E-state index in [9.17, 15) is 14.7 Å². The summed E-state index contributed by atoms with van der Waals surface area (Å²) in [5.74, 6) is -0.717. The summed E-state index contributed by atoms with van der Waals surface area (Å²) in [6.45, 7) is 3.66. The van der Waals surface area contributed by atoms with E-state index in [2.05, 4.69) is 10.2 Å². The van der Waals surface area contributed by atoms with Crippen molar-refractivity contribution < 1.29 is 19.1 Å². The highest BCUT2D eigenvalue weighted by Crippen LogP contribution is 2.44. The summed E-state index contributed by atoms with van der Waals surface area (Å²) in [6.07, 6.45) is 0. The summed E-state index contributed by atoms with van der Waals surface area (Å²) in [5, 5.41) is 20.3. The monoisotopic (exact) mass is 537 g/mol. The molecule has 1 N–H and O–H groups in total. The van der Waals surface area contributed by atoms with Gasteiger partial charge in [0.25, 0.3) is 5.91 Å². The average molecular weight is 538 g/mol. The number of rotatable bonds is 7. The first-order valence-corrected chi connectivity index (χ1v) is 13.2. The van der Waals surface area contributed by atoms with E-state index in [-0.39, 0.29) is 16.5 Å². The molecule has 36 heavy (non-hydrogen) atoms. The molecule has 2 aromatic carbocycles. The normalized spacial score (nSPS) is 15.7. The van der Waals surface area contributed by atoms with Gasteiger partial charge in [-0.25, -0.2) is 0 Å². The summed E-state index contributed by atoms with van der Waals surface area (Å²) in [4.78, 5) is 28.0. The Kier molecular flexibility index (Phi) is 6.70. The number of aliphatic hydroxyl groups is 1. The van der Waals surface area contributed by atoms with Gasteiger partial charge in [0.1, 0.15) is 5.76 Å². The maximum Gasteiger partial charge on any atom is 0.296 e. The molecule has 7 nitrogen and oxygen atoms in total. The Morgan fingerprint density at radius 3 is 2.56 bits per heavy atom. The molecule has 0 aliphatic carbocycles. The van der Waals surface area contributed by atoms with Crippen molar-refractivity contribution in [2.45, 2.75) is 30.0 Å². The fourth-order valence-electron chi connectivity index (χ4n) is 3.90. The molecule has 4 aromatic rings. The van der Waals surface area contributed by atoms with Crippen LogP contribution in [-0.2, 0) is 10.5 Å². The van der Waals surface area contributed by atoms with Crippen molar-refractivity contribution >= 4 is 51.5 Å². The third-order valence-electron chi connectivity index (χ3n) is 5.72. The van der Waals surface area contributed by atoms with Crippen LogP contribution in [0.15, 0.2) is 80.8 Å². The molecule has 1 amide bonds. The van der Waals surface area contributed by atoms with E-state index in [0.717, 1.165) is 11.1 Å². The topological polar surface area (TPSA) is 96.5 Å². The van der Waals surface area contributed by atoms with Crippen molar-refractivity contribution in [1.82, 2.24) is 10.2 Å². The number of aromatic nitrogens is 2. The second kappa shape index (κ2) is 9.93. The van der Waals surface area contributed by atoms with Crippen LogP contribution in [0.4, 0.5) is 5.13 Å². The average Bonchev–Trinajstić information content (AvgIpc) is 3.57. The standard InChI is InChI=1S/C26H20ClN3O4S2/c1-14-7-10-16(11-8-14)21-20(22(31)19-12-9-15(2)34-19)23(32)24(33)30(21)25-28-29-26(36-25)35-13-17-5-3-4-6-18(17)27/h3-12,21,32H,13H2,1-2H3. The Morgan fingerprint density at radius 1 is 1.11 bits per heavy atom. The van der Waals surface area contributed by atoms with Crippen molar-refractivity contribution in [3.8, 4) is 0 Å². The third kappa shape index (κ3) is 4.57. The highest BCUT2D eigenvalue weighted by atomic mass is 35.5. The molecule has 0 spiro atoms. The number of carbonyl (C=O) groups is 2. The van der Waals surface area contributed by atoms with Gasteiger partial charge in [0.05, 0.1) is 11.6 Å². The molecule has 0 bridgehead atoms. The van der Waals surface area contributed by atoms with Gasteiger partial charge in [-0.2, -0.15) is 0 Å². The van der Waals surface area contributed by atoms with Crippen LogP contribution in [-0.4, -0.2) is 27.0 Å². The summed E-state index contributed by atoms with van der Waals surface area (Å²) in [5.41, 5.74) is 2.58. The number of nitrogens with zero attached hydrogens (tertiary/aromatic N) is 3. The van der Waals surface area contributed by atoms with Gasteiger partial charge in [0.15, 0.2) is 15.9 Å². The number of hydrogen-bond donors (Lipinski definition) is 1. The van der Waals surface area contributed by atoms with Crippen molar-refractivity contribution in [3.63, 3.8) is 0 Å². The number of Topliss-reactive ketones (excluding diaryl/α,β-unsaturated/α-hetero) is 1. The molecule has 0 radical (unpaired) electrons. The zero-order valence-corrected chi connectivity index (χ0v) is 21.7. The van der Waals surface area contributed by atoms with Crippen molar-refractivity contribution in [1.29, 1.82) is 0 Å². The molecule has 0 fully saturated rings. The maximum absolute atomic E-state index is 13.4. The van der Waals surface area contributed by atoms with Crippen molar-refractivity contribution in [2.75, 3.05) is 4.90 Å². The number of furan rings is 1. The molecule has 0 saturated heterocycles. The number of benzene rings is 2. The summed E-state index contributed by atoms with van der Waals surface area (Å²) >= 11 is 8.90. The Labute approximate surface area is 220 Å². The zero-order valence-electron chi connectivity index (χ0n) is 19.3. The lowest BCUT2D eigenvalue weighted by molar-refractivity contribution is -0.117. The summed E-state index contributed by atoms with van der Waals surface area (Å²) in [6, 6.07) is 17.3. The lowest BCUT2D eigenvalue weighted by atomic mass is 9.95. The molecule has 1 atom stereocenters. The lowest BCUT2D eigenvalue weighted by Crippen LogP contribution is -2.31. The fraction of sp³-hybridized carbons (Fsp3) is 0.154. The second-order valence-corrected chi connectivity index (χ2v) is 10.8. The Bertz CT molecular complexity index is 1490. The third-order valence-corrected chi connectivity index (χ3v) is 8.19. The molecule has 0 saturated carbocycles.